The van der Waals surface area contributed by atoms with Crippen LogP contribution in [0.25, 0.3) is 10.6 Å². The van der Waals surface area contributed by atoms with E-state index < -0.39 is 17.9 Å². The summed E-state index contributed by atoms with van der Waals surface area (Å²) in [6.45, 7) is 1.47. The zero-order valence-electron chi connectivity index (χ0n) is 16.7. The third-order valence-corrected chi connectivity index (χ3v) is 6.00. The smallest absolute Gasteiger partial charge is 0.305 e. The van der Waals surface area contributed by atoms with Crippen LogP contribution in [0.15, 0.2) is 48.5 Å². The number of amides is 1. The van der Waals surface area contributed by atoms with E-state index in [1.165, 1.54) is 31.4 Å². The molecule has 2 N–H and O–H groups in total. The first-order valence-corrected chi connectivity index (χ1v) is 10.4. The van der Waals surface area contributed by atoms with Gasteiger partial charge in [-0.05, 0) is 42.8 Å². The number of aromatic nitrogens is 1. The number of nitrogens with one attached hydrogen (secondary N) is 1. The highest BCUT2D eigenvalue weighted by Gasteiger charge is 2.23. The van der Waals surface area contributed by atoms with Crippen molar-refractivity contribution in [1.82, 2.24) is 10.3 Å². The molecule has 0 fully saturated rings. The summed E-state index contributed by atoms with van der Waals surface area (Å²) in [7, 11) is 1.49. The standard InChI is InChI=1S/C22H19ClN2O5S/c1-12(26)18-9-10-19(31-18)21-17(30-2)8-7-15(24-21)22(29)25-16(11-20(27)28)13-5-3-4-6-14(13)23/h3-10,16H,11H2,1-2H3,(H,25,29)(H,27,28)/t16-/m0/s1. The van der Waals surface area contributed by atoms with E-state index >= 15 is 0 Å². The van der Waals surface area contributed by atoms with Gasteiger partial charge in [-0.1, -0.05) is 29.8 Å². The van der Waals surface area contributed by atoms with Crippen molar-refractivity contribution in [3.8, 4) is 16.3 Å². The Morgan fingerprint density at radius 3 is 2.52 bits per heavy atom. The van der Waals surface area contributed by atoms with Crippen molar-refractivity contribution in [3.63, 3.8) is 0 Å². The molecule has 7 nitrogen and oxygen atoms in total. The Labute approximate surface area is 187 Å². The molecule has 31 heavy (non-hydrogen) atoms. The van der Waals surface area contributed by atoms with Crippen molar-refractivity contribution < 1.29 is 24.2 Å². The van der Waals surface area contributed by atoms with E-state index in [4.69, 9.17) is 16.3 Å². The van der Waals surface area contributed by atoms with E-state index in [0.29, 0.717) is 31.8 Å². The van der Waals surface area contributed by atoms with Crippen LogP contribution in [0.2, 0.25) is 5.02 Å². The molecule has 0 aliphatic carbocycles. The Balaban J connectivity index is 1.93. The van der Waals surface area contributed by atoms with Gasteiger partial charge in [0.2, 0.25) is 0 Å². The SMILES string of the molecule is COc1ccc(C(=O)N[C@@H](CC(=O)O)c2ccccc2Cl)nc1-c1ccc(C(C)=O)s1. The van der Waals surface area contributed by atoms with Crippen molar-refractivity contribution in [2.75, 3.05) is 7.11 Å². The molecule has 9 heteroatoms. The highest BCUT2D eigenvalue weighted by Crippen LogP contribution is 2.34. The van der Waals surface area contributed by atoms with Gasteiger partial charge in [0.05, 0.1) is 29.3 Å². The number of pyridine rings is 1. The molecule has 0 saturated carbocycles. The topological polar surface area (TPSA) is 106 Å². The molecule has 1 aromatic carbocycles. The Hall–Kier alpha value is -3.23. The fourth-order valence-electron chi connectivity index (χ4n) is 2.97. The van der Waals surface area contributed by atoms with Gasteiger partial charge < -0.3 is 15.2 Å². The number of methoxy groups -OCH3 is 1. The van der Waals surface area contributed by atoms with Crippen LogP contribution in [-0.4, -0.2) is 34.9 Å². The molecule has 2 aromatic heterocycles. The Kier molecular flexibility index (Phi) is 7.04. The van der Waals surface area contributed by atoms with Crippen LogP contribution in [0.3, 0.4) is 0 Å². The fourth-order valence-corrected chi connectivity index (χ4v) is 4.13. The lowest BCUT2D eigenvalue weighted by atomic mass is 10.0. The van der Waals surface area contributed by atoms with E-state index in [2.05, 4.69) is 10.3 Å². The minimum atomic E-state index is -1.08. The predicted molar refractivity (Wildman–Crippen MR) is 118 cm³/mol. The maximum Gasteiger partial charge on any atom is 0.305 e. The molecule has 0 aliphatic rings. The number of hydrogen-bond donors (Lipinski definition) is 2. The van der Waals surface area contributed by atoms with Gasteiger partial charge in [-0.15, -0.1) is 11.3 Å². The van der Waals surface area contributed by atoms with Crippen molar-refractivity contribution in [2.45, 2.75) is 19.4 Å². The maximum atomic E-state index is 12.9. The third-order valence-electron chi connectivity index (χ3n) is 4.46. The van der Waals surface area contributed by atoms with E-state index in [9.17, 15) is 19.5 Å². The number of thiophene rings is 1. The summed E-state index contributed by atoms with van der Waals surface area (Å²) in [5.74, 6) is -1.26. The molecule has 0 unspecified atom stereocenters. The number of halogens is 1. The molecular weight excluding hydrogens is 440 g/mol. The van der Waals surface area contributed by atoms with E-state index in [0.717, 1.165) is 0 Å². The second-order valence-corrected chi connectivity index (χ2v) is 8.10. The number of carbonyl (C=O) groups excluding carboxylic acids is 2. The summed E-state index contributed by atoms with van der Waals surface area (Å²) in [6, 6.07) is 12.4. The minimum absolute atomic E-state index is 0.0691. The van der Waals surface area contributed by atoms with E-state index in [1.54, 1.807) is 42.5 Å². The molecule has 3 aromatic rings. The average Bonchev–Trinajstić information content (AvgIpc) is 3.23. The molecule has 0 radical (unpaired) electrons. The second-order valence-electron chi connectivity index (χ2n) is 6.61. The quantitative estimate of drug-likeness (QED) is 0.477. The molecule has 160 valence electrons. The number of ether oxygens (including phenoxy) is 1. The molecule has 1 amide bonds. The molecule has 2 heterocycles. The van der Waals surface area contributed by atoms with Gasteiger partial charge in [-0.2, -0.15) is 0 Å². The van der Waals surface area contributed by atoms with Crippen LogP contribution in [0.5, 0.6) is 5.75 Å². The Morgan fingerprint density at radius 1 is 1.16 bits per heavy atom. The number of nitrogens with zero attached hydrogens (tertiary/aromatic N) is 1. The van der Waals surface area contributed by atoms with Crippen LogP contribution in [-0.2, 0) is 4.79 Å². The summed E-state index contributed by atoms with van der Waals surface area (Å²) in [5, 5.41) is 12.3. The highest BCUT2D eigenvalue weighted by atomic mass is 35.5. The maximum absolute atomic E-state index is 12.9. The van der Waals surface area contributed by atoms with Crippen molar-refractivity contribution in [2.24, 2.45) is 0 Å². The van der Waals surface area contributed by atoms with E-state index in [1.807, 2.05) is 0 Å². The van der Waals surface area contributed by atoms with Crippen molar-refractivity contribution in [1.29, 1.82) is 0 Å². The summed E-state index contributed by atoms with van der Waals surface area (Å²) in [6.07, 6.45) is -0.342. The lowest BCUT2D eigenvalue weighted by Gasteiger charge is -2.19. The van der Waals surface area contributed by atoms with Gasteiger partial charge in [-0.3, -0.25) is 14.4 Å². The lowest BCUT2D eigenvalue weighted by Crippen LogP contribution is -2.31. The Morgan fingerprint density at radius 2 is 1.90 bits per heavy atom. The van der Waals surface area contributed by atoms with Gasteiger partial charge >= 0.3 is 5.97 Å². The van der Waals surface area contributed by atoms with E-state index in [-0.39, 0.29) is 17.9 Å². The van der Waals surface area contributed by atoms with Gasteiger partial charge in [0.25, 0.3) is 5.91 Å². The van der Waals surface area contributed by atoms with Crippen LogP contribution in [0, 0.1) is 0 Å². The predicted octanol–water partition coefficient (Wildman–Crippen LogP) is 4.62. The lowest BCUT2D eigenvalue weighted by molar-refractivity contribution is -0.137. The third kappa shape index (κ3) is 5.28. The molecule has 0 bridgehead atoms. The number of carbonyl (C=O) groups is 3. The molecule has 1 atom stereocenters. The number of carboxylic acids is 1. The number of ketones is 1. The number of benzene rings is 1. The largest absolute Gasteiger partial charge is 0.494 e. The number of rotatable bonds is 8. The Bertz CT molecular complexity index is 1140. The summed E-state index contributed by atoms with van der Waals surface area (Å²) < 4.78 is 5.36. The van der Waals surface area contributed by atoms with Crippen LogP contribution >= 0.6 is 22.9 Å². The number of carboxylic acid groups (broad SMARTS) is 1. The van der Waals surface area contributed by atoms with Gasteiger partial charge in [0.1, 0.15) is 17.1 Å². The normalized spacial score (nSPS) is 11.6. The zero-order valence-corrected chi connectivity index (χ0v) is 18.3. The average molecular weight is 459 g/mol. The summed E-state index contributed by atoms with van der Waals surface area (Å²) >= 11 is 7.45. The summed E-state index contributed by atoms with van der Waals surface area (Å²) in [5.41, 5.74) is 0.995. The monoisotopic (exact) mass is 458 g/mol. The molecule has 3 rings (SSSR count). The fraction of sp³-hybridized carbons (Fsp3) is 0.182. The van der Waals surface area contributed by atoms with Gasteiger partial charge in [0.15, 0.2) is 5.78 Å². The van der Waals surface area contributed by atoms with Crippen LogP contribution in [0.4, 0.5) is 0 Å². The zero-order chi connectivity index (χ0) is 22.5. The molecule has 0 saturated heterocycles. The molecular formula is C22H19ClN2O5S. The van der Waals surface area contributed by atoms with Crippen molar-refractivity contribution >= 4 is 40.6 Å². The van der Waals surface area contributed by atoms with Gasteiger partial charge in [-0.25, -0.2) is 4.98 Å². The molecule has 0 aliphatic heterocycles. The first kappa shape index (κ1) is 22.5. The van der Waals surface area contributed by atoms with Crippen LogP contribution in [0.1, 0.15) is 45.1 Å². The minimum Gasteiger partial charge on any atom is -0.494 e. The number of aliphatic carboxylic acids is 1. The molecule has 0 spiro atoms. The number of Topliss-reactive ketones (excluding diaryl/α,β-unsaturated/α-hetero) is 1. The van der Waals surface area contributed by atoms with Gasteiger partial charge in [0, 0.05) is 5.02 Å². The van der Waals surface area contributed by atoms with Crippen molar-refractivity contribution in [3.05, 3.63) is 69.7 Å². The summed E-state index contributed by atoms with van der Waals surface area (Å²) in [4.78, 5) is 41.5. The van der Waals surface area contributed by atoms with Crippen LogP contribution < -0.4 is 10.1 Å². The second kappa shape index (κ2) is 9.72. The number of hydrogen-bond acceptors (Lipinski definition) is 6. The highest BCUT2D eigenvalue weighted by molar-refractivity contribution is 7.17. The first-order chi connectivity index (χ1) is 14.8. The first-order valence-electron chi connectivity index (χ1n) is 9.23.